The second-order valence-corrected chi connectivity index (χ2v) is 33.3. The maximum absolute atomic E-state index is 10.3. The van der Waals surface area contributed by atoms with Gasteiger partial charge in [-0.1, -0.05) is 182 Å². The van der Waals surface area contributed by atoms with Crippen molar-refractivity contribution in [1.29, 1.82) is 0 Å². The van der Waals surface area contributed by atoms with Crippen molar-refractivity contribution in [2.75, 3.05) is 11.5 Å². The molecular formula is C50H76O2S9. The molecule has 7 aliphatic rings. The first-order chi connectivity index (χ1) is 29.3. The average molecular weight is 998 g/mol. The van der Waals surface area contributed by atoms with Gasteiger partial charge in [0.05, 0.1) is 0 Å². The Labute approximate surface area is 408 Å². The molecule has 10 atom stereocenters. The quantitative estimate of drug-likeness (QED) is 0.0757. The summed E-state index contributed by atoms with van der Waals surface area (Å²) < 4.78 is 0. The van der Waals surface area contributed by atoms with E-state index in [2.05, 4.69) is 166 Å². The molecule has 0 spiro atoms. The lowest BCUT2D eigenvalue weighted by atomic mass is 9.85. The molecule has 0 aromatic heterocycles. The highest BCUT2D eigenvalue weighted by Gasteiger charge is 2.46. The van der Waals surface area contributed by atoms with Crippen molar-refractivity contribution in [1.82, 2.24) is 0 Å². The Hall–Kier alpha value is 1.19. The van der Waals surface area contributed by atoms with E-state index in [1.54, 1.807) is 0 Å². The predicted octanol–water partition coefficient (Wildman–Crippen LogP) is 16.8. The van der Waals surface area contributed by atoms with Crippen molar-refractivity contribution in [2.45, 2.75) is 220 Å². The highest BCUT2D eigenvalue weighted by molar-refractivity contribution is 8.80. The van der Waals surface area contributed by atoms with Gasteiger partial charge in [0.15, 0.2) is 0 Å². The number of aromatic hydroxyl groups is 2. The number of hydrogen-bond acceptors (Lipinski definition) is 11. The van der Waals surface area contributed by atoms with E-state index in [1.165, 1.54) is 125 Å². The number of aryl methyl sites for hydroxylation is 2. The van der Waals surface area contributed by atoms with Crippen LogP contribution in [0.3, 0.4) is 0 Å². The fourth-order valence-electron chi connectivity index (χ4n) is 9.43. The van der Waals surface area contributed by atoms with Gasteiger partial charge < -0.3 is 10.2 Å². The number of fused-ring (bicyclic) bond motifs is 5. The van der Waals surface area contributed by atoms with Crippen molar-refractivity contribution in [3.63, 3.8) is 0 Å². The Bertz CT molecular complexity index is 1650. The minimum Gasteiger partial charge on any atom is -0.508 e. The highest BCUT2D eigenvalue weighted by Crippen LogP contribution is 2.58. The largest absolute Gasteiger partial charge is 0.508 e. The van der Waals surface area contributed by atoms with Crippen LogP contribution in [0.4, 0.5) is 0 Å². The van der Waals surface area contributed by atoms with Crippen LogP contribution in [0.15, 0.2) is 36.4 Å². The molecule has 0 aliphatic carbocycles. The van der Waals surface area contributed by atoms with E-state index in [0.717, 1.165) is 76.5 Å². The lowest BCUT2D eigenvalue weighted by molar-refractivity contribution is 0.445. The van der Waals surface area contributed by atoms with E-state index in [4.69, 9.17) is 0 Å². The van der Waals surface area contributed by atoms with Crippen LogP contribution in [0.2, 0.25) is 0 Å². The van der Waals surface area contributed by atoms with Crippen LogP contribution in [0.5, 0.6) is 11.5 Å². The van der Waals surface area contributed by atoms with Gasteiger partial charge in [-0.05, 0) is 109 Å². The molecule has 2 aromatic carbocycles. The molecular weight excluding hydrogens is 921 g/mol. The number of thioether (sulfide) groups is 3. The van der Waals surface area contributed by atoms with Crippen LogP contribution >= 0.6 is 100 Å². The minimum absolute atomic E-state index is 0.00652. The number of unbranched alkanes of at least 4 members (excludes halogenated alkanes) is 8. The third kappa shape index (κ3) is 15.9. The van der Waals surface area contributed by atoms with E-state index in [9.17, 15) is 10.2 Å². The van der Waals surface area contributed by atoms with E-state index >= 15 is 0 Å². The zero-order valence-electron chi connectivity index (χ0n) is 37.9. The van der Waals surface area contributed by atoms with Gasteiger partial charge in [-0.2, -0.15) is 35.3 Å². The molecule has 4 bridgehead atoms. The van der Waals surface area contributed by atoms with Crippen LogP contribution in [-0.4, -0.2) is 74.2 Å². The van der Waals surface area contributed by atoms with Crippen molar-refractivity contribution in [3.8, 4) is 11.5 Å². The summed E-state index contributed by atoms with van der Waals surface area (Å²) in [6, 6.07) is 12.6. The molecule has 2 aromatic rings. The summed E-state index contributed by atoms with van der Waals surface area (Å²) in [5.74, 6) is 3.67. The van der Waals surface area contributed by atoms with Gasteiger partial charge in [-0.25, -0.2) is 0 Å². The highest BCUT2D eigenvalue weighted by atomic mass is 33.1. The fraction of sp³-hybridized carbons (Fsp3) is 0.760. The molecule has 2 nitrogen and oxygen atoms in total. The second kappa shape index (κ2) is 24.0. The Kier molecular flexibility index (Phi) is 19.7. The molecule has 11 heteroatoms. The summed E-state index contributed by atoms with van der Waals surface area (Å²) in [4.78, 5) is 0. The topological polar surface area (TPSA) is 40.5 Å². The van der Waals surface area contributed by atoms with E-state index in [0.29, 0.717) is 11.5 Å². The van der Waals surface area contributed by atoms with Crippen molar-refractivity contribution in [3.05, 3.63) is 58.7 Å². The summed E-state index contributed by atoms with van der Waals surface area (Å²) >= 11 is 6.82. The van der Waals surface area contributed by atoms with Crippen LogP contribution < -0.4 is 0 Å². The summed E-state index contributed by atoms with van der Waals surface area (Å²) in [6.07, 6.45) is 24.4. The van der Waals surface area contributed by atoms with Gasteiger partial charge in [0.25, 0.3) is 0 Å². The Morgan fingerprint density at radius 3 is 1.43 bits per heavy atom. The fourth-order valence-corrected chi connectivity index (χ4v) is 25.4. The first-order valence-corrected chi connectivity index (χ1v) is 33.7. The number of phenolic OH excluding ortho intramolecular Hbond substituents is 2. The van der Waals surface area contributed by atoms with Crippen LogP contribution in [0, 0.1) is 0 Å². The molecule has 7 fully saturated rings. The normalized spacial score (nSPS) is 30.5. The molecule has 61 heavy (non-hydrogen) atoms. The van der Waals surface area contributed by atoms with E-state index in [-0.39, 0.29) is 10.8 Å². The second-order valence-electron chi connectivity index (χ2n) is 20.7. The van der Waals surface area contributed by atoms with Gasteiger partial charge in [0.1, 0.15) is 11.5 Å². The lowest BCUT2D eigenvalue weighted by Gasteiger charge is -2.35. The van der Waals surface area contributed by atoms with Crippen molar-refractivity contribution >= 4 is 100 Å². The standard InChI is InChI=1S/C25H38OS5.C25H38OS4/c1-25(2,3)19-12-11-17(13-20(19)26)9-7-5-4-6-8-10-21-22(28-21)15-24-23-14-18(29-31-23)16-27-30-24;1-25(2,3)19-12-11-17(13-20(19)26)9-7-5-4-6-8-10-21-23(29-21)15-24-22-14-18(28-22)16-27-30-24/h11-13,18,21-24,26H,4-10,14-16H2,1-3H3;11-13,18,21-24,26H,4-10,14-16H2,1-3H3. The number of phenols is 2. The Balaban J connectivity index is 0.000000184. The lowest BCUT2D eigenvalue weighted by Crippen LogP contribution is -2.34. The third-order valence-electron chi connectivity index (χ3n) is 13.3. The molecule has 342 valence electrons. The molecule has 10 unspecified atom stereocenters. The maximum atomic E-state index is 10.3. The average Bonchev–Trinajstić information content (AvgIpc) is 4.10. The van der Waals surface area contributed by atoms with Crippen LogP contribution in [0.1, 0.15) is 167 Å². The zero-order chi connectivity index (χ0) is 43.0. The van der Waals surface area contributed by atoms with E-state index < -0.39 is 0 Å². The molecule has 7 saturated heterocycles. The number of benzene rings is 2. The SMILES string of the molecule is CC(C)(C)c1ccc(CCCCCCCC2SC2CC2SSCC3CC2S3)cc1O.CC(C)(C)c1ccc(CCCCCCCC2SC2CC2SSCC3CC2SS3)cc1O. The number of hydrogen-bond donors (Lipinski definition) is 2. The number of rotatable bonds is 20. The Morgan fingerprint density at radius 1 is 0.475 bits per heavy atom. The van der Waals surface area contributed by atoms with Crippen molar-refractivity contribution in [2.24, 2.45) is 0 Å². The summed E-state index contributed by atoms with van der Waals surface area (Å²) in [5, 5.41) is 30.1. The van der Waals surface area contributed by atoms with Gasteiger partial charge in [0.2, 0.25) is 0 Å². The summed E-state index contributed by atoms with van der Waals surface area (Å²) in [7, 11) is 13.1. The first-order valence-electron chi connectivity index (χ1n) is 23.8. The summed E-state index contributed by atoms with van der Waals surface area (Å²) in [5.41, 5.74) is 4.68. The van der Waals surface area contributed by atoms with Gasteiger partial charge in [0, 0.05) is 64.0 Å². The molecule has 7 aliphatic heterocycles. The zero-order valence-corrected chi connectivity index (χ0v) is 45.3. The predicted molar refractivity (Wildman–Crippen MR) is 291 cm³/mol. The molecule has 9 rings (SSSR count). The van der Waals surface area contributed by atoms with Crippen LogP contribution in [-0.2, 0) is 23.7 Å². The molecule has 0 radical (unpaired) electrons. The van der Waals surface area contributed by atoms with Gasteiger partial charge in [-0.15, -0.1) is 0 Å². The van der Waals surface area contributed by atoms with E-state index in [1.807, 2.05) is 12.1 Å². The Morgan fingerprint density at radius 2 is 0.934 bits per heavy atom. The first kappa shape index (κ1) is 50.1. The molecule has 7 heterocycles. The molecule has 2 N–H and O–H groups in total. The third-order valence-corrected chi connectivity index (χ3v) is 28.1. The monoisotopic (exact) mass is 996 g/mol. The summed E-state index contributed by atoms with van der Waals surface area (Å²) in [6.45, 7) is 12.9. The van der Waals surface area contributed by atoms with Gasteiger partial charge in [-0.3, -0.25) is 0 Å². The van der Waals surface area contributed by atoms with Gasteiger partial charge >= 0.3 is 0 Å². The molecule has 0 amide bonds. The van der Waals surface area contributed by atoms with Crippen molar-refractivity contribution < 1.29 is 10.2 Å². The molecule has 0 saturated carbocycles. The smallest absolute Gasteiger partial charge is 0.119 e. The van der Waals surface area contributed by atoms with Crippen LogP contribution in [0.25, 0.3) is 0 Å². The maximum Gasteiger partial charge on any atom is 0.119 e. The minimum atomic E-state index is 0.00652.